The zero-order valence-corrected chi connectivity index (χ0v) is 12.9. The van der Waals surface area contributed by atoms with Gasteiger partial charge in [-0.1, -0.05) is 28.1 Å². The average Bonchev–Trinajstić information content (AvgIpc) is 2.37. The molecule has 1 fully saturated rings. The molecule has 0 amide bonds. The number of halogens is 1. The van der Waals surface area contributed by atoms with E-state index in [0.717, 1.165) is 16.9 Å². The van der Waals surface area contributed by atoms with Gasteiger partial charge in [0.2, 0.25) is 0 Å². The summed E-state index contributed by atoms with van der Waals surface area (Å²) in [6, 6.07) is 9.04. The van der Waals surface area contributed by atoms with E-state index in [1.54, 1.807) is 0 Å². The predicted molar refractivity (Wildman–Crippen MR) is 80.8 cm³/mol. The van der Waals surface area contributed by atoms with Crippen molar-refractivity contribution >= 4 is 15.9 Å². The van der Waals surface area contributed by atoms with Crippen LogP contribution in [0.25, 0.3) is 0 Å². The van der Waals surface area contributed by atoms with Crippen LogP contribution in [-0.4, -0.2) is 31.6 Å². The molecule has 1 N–H and O–H groups in total. The van der Waals surface area contributed by atoms with Gasteiger partial charge in [-0.25, -0.2) is 0 Å². The van der Waals surface area contributed by atoms with Crippen molar-refractivity contribution in [3.05, 3.63) is 34.3 Å². The molecule has 1 saturated heterocycles. The van der Waals surface area contributed by atoms with Crippen LogP contribution >= 0.6 is 15.9 Å². The minimum absolute atomic E-state index is 0.435. The van der Waals surface area contributed by atoms with Gasteiger partial charge in [0.15, 0.2) is 0 Å². The molecule has 1 heterocycles. The Morgan fingerprint density at radius 3 is 2.78 bits per heavy atom. The zero-order valence-electron chi connectivity index (χ0n) is 11.3. The van der Waals surface area contributed by atoms with Crippen molar-refractivity contribution in [1.82, 2.24) is 10.2 Å². The monoisotopic (exact) mass is 310 g/mol. The van der Waals surface area contributed by atoms with Crippen LogP contribution in [0, 0.1) is 5.92 Å². The molecule has 18 heavy (non-hydrogen) atoms. The van der Waals surface area contributed by atoms with Crippen LogP contribution in [0.4, 0.5) is 0 Å². The Morgan fingerprint density at radius 2 is 2.11 bits per heavy atom. The largest absolute Gasteiger partial charge is 0.310 e. The minimum Gasteiger partial charge on any atom is -0.310 e. The average molecular weight is 311 g/mol. The van der Waals surface area contributed by atoms with Gasteiger partial charge < -0.3 is 10.2 Å². The molecule has 3 heteroatoms. The Hall–Kier alpha value is -0.380. The summed E-state index contributed by atoms with van der Waals surface area (Å²) in [4.78, 5) is 2.44. The van der Waals surface area contributed by atoms with Crippen LogP contribution in [0.15, 0.2) is 28.7 Å². The molecule has 1 aliphatic heterocycles. The molecule has 2 rings (SSSR count). The third kappa shape index (κ3) is 4.08. The summed E-state index contributed by atoms with van der Waals surface area (Å²) >= 11 is 3.48. The highest BCUT2D eigenvalue weighted by atomic mass is 79.9. The number of likely N-dealkylation sites (tertiary alicyclic amines) is 1. The summed E-state index contributed by atoms with van der Waals surface area (Å²) in [6.07, 6.45) is 2.71. The van der Waals surface area contributed by atoms with Gasteiger partial charge in [-0.2, -0.15) is 0 Å². The first-order valence-corrected chi connectivity index (χ1v) is 7.62. The standard InChI is InChI=1S/C15H23BrN2/c1-12(14-5-7-15(16)8-6-14)17-10-13-4-3-9-18(2)11-13/h5-8,12-13,17H,3-4,9-11H2,1-2H3/t12-,13?/m1/s1. The quantitative estimate of drug-likeness (QED) is 0.916. The fourth-order valence-corrected chi connectivity index (χ4v) is 2.92. The lowest BCUT2D eigenvalue weighted by Crippen LogP contribution is -2.37. The third-order valence-corrected chi connectivity index (χ3v) is 4.33. The minimum atomic E-state index is 0.435. The number of hydrogen-bond acceptors (Lipinski definition) is 2. The van der Waals surface area contributed by atoms with Gasteiger partial charge in [-0.05, 0) is 63.5 Å². The van der Waals surface area contributed by atoms with E-state index >= 15 is 0 Å². The van der Waals surface area contributed by atoms with Crippen molar-refractivity contribution in [1.29, 1.82) is 0 Å². The number of hydrogen-bond donors (Lipinski definition) is 1. The smallest absolute Gasteiger partial charge is 0.0291 e. The normalized spacial score (nSPS) is 22.9. The first-order chi connectivity index (χ1) is 8.65. The van der Waals surface area contributed by atoms with Gasteiger partial charge >= 0.3 is 0 Å². The van der Waals surface area contributed by atoms with Crippen molar-refractivity contribution in [2.75, 3.05) is 26.7 Å². The molecule has 1 unspecified atom stereocenters. The number of nitrogens with zero attached hydrogens (tertiary/aromatic N) is 1. The molecule has 2 atom stereocenters. The maximum absolute atomic E-state index is 3.67. The van der Waals surface area contributed by atoms with Gasteiger partial charge in [-0.3, -0.25) is 0 Å². The maximum atomic E-state index is 3.67. The molecule has 0 radical (unpaired) electrons. The first-order valence-electron chi connectivity index (χ1n) is 6.82. The van der Waals surface area contributed by atoms with Crippen LogP contribution in [0.3, 0.4) is 0 Å². The Bertz CT molecular complexity index is 363. The van der Waals surface area contributed by atoms with E-state index in [2.05, 4.69) is 64.4 Å². The highest BCUT2D eigenvalue weighted by Gasteiger charge is 2.17. The Kier molecular flexibility index (Phi) is 5.22. The zero-order chi connectivity index (χ0) is 13.0. The fraction of sp³-hybridized carbons (Fsp3) is 0.600. The first kappa shape index (κ1) is 14.0. The number of benzene rings is 1. The summed E-state index contributed by atoms with van der Waals surface area (Å²) < 4.78 is 1.15. The molecular formula is C15H23BrN2. The lowest BCUT2D eigenvalue weighted by molar-refractivity contribution is 0.203. The molecule has 2 nitrogen and oxygen atoms in total. The van der Waals surface area contributed by atoms with Crippen molar-refractivity contribution in [2.45, 2.75) is 25.8 Å². The second kappa shape index (κ2) is 6.69. The van der Waals surface area contributed by atoms with E-state index < -0.39 is 0 Å². The SMILES string of the molecule is C[C@@H](NCC1CCCN(C)C1)c1ccc(Br)cc1. The molecule has 1 aliphatic rings. The van der Waals surface area contributed by atoms with Crippen molar-refractivity contribution in [3.63, 3.8) is 0 Å². The molecule has 0 saturated carbocycles. The van der Waals surface area contributed by atoms with E-state index in [1.807, 2.05) is 0 Å². The Balaban J connectivity index is 1.80. The summed E-state index contributed by atoms with van der Waals surface area (Å²) in [6.45, 7) is 5.87. The summed E-state index contributed by atoms with van der Waals surface area (Å²) in [7, 11) is 2.23. The molecule has 0 spiro atoms. The topological polar surface area (TPSA) is 15.3 Å². The molecule has 100 valence electrons. The van der Waals surface area contributed by atoms with Crippen LogP contribution in [0.5, 0.6) is 0 Å². The van der Waals surface area contributed by atoms with Crippen LogP contribution in [0.2, 0.25) is 0 Å². The fourth-order valence-electron chi connectivity index (χ4n) is 2.65. The highest BCUT2D eigenvalue weighted by molar-refractivity contribution is 9.10. The van der Waals surface area contributed by atoms with Gasteiger partial charge in [0.05, 0.1) is 0 Å². The summed E-state index contributed by atoms with van der Waals surface area (Å²) in [5.41, 5.74) is 1.36. The molecular weight excluding hydrogens is 288 g/mol. The lowest BCUT2D eigenvalue weighted by atomic mass is 9.98. The van der Waals surface area contributed by atoms with Crippen molar-refractivity contribution in [3.8, 4) is 0 Å². The molecule has 0 bridgehead atoms. The van der Waals surface area contributed by atoms with Gasteiger partial charge in [-0.15, -0.1) is 0 Å². The van der Waals surface area contributed by atoms with Gasteiger partial charge in [0, 0.05) is 17.1 Å². The lowest BCUT2D eigenvalue weighted by Gasteiger charge is -2.30. The predicted octanol–water partition coefficient (Wildman–Crippen LogP) is 3.44. The summed E-state index contributed by atoms with van der Waals surface area (Å²) in [5.74, 6) is 0.807. The number of rotatable bonds is 4. The van der Waals surface area contributed by atoms with E-state index in [1.165, 1.54) is 31.5 Å². The van der Waals surface area contributed by atoms with Crippen LogP contribution in [-0.2, 0) is 0 Å². The molecule has 0 aromatic heterocycles. The summed E-state index contributed by atoms with van der Waals surface area (Å²) in [5, 5.41) is 3.67. The Morgan fingerprint density at radius 1 is 1.39 bits per heavy atom. The van der Waals surface area contributed by atoms with E-state index in [4.69, 9.17) is 0 Å². The van der Waals surface area contributed by atoms with Gasteiger partial charge in [0.1, 0.15) is 0 Å². The number of piperidine rings is 1. The highest BCUT2D eigenvalue weighted by Crippen LogP contribution is 2.18. The molecule has 1 aromatic rings. The maximum Gasteiger partial charge on any atom is 0.0291 e. The molecule has 1 aromatic carbocycles. The second-order valence-electron chi connectivity index (χ2n) is 5.45. The van der Waals surface area contributed by atoms with E-state index in [-0.39, 0.29) is 0 Å². The van der Waals surface area contributed by atoms with Gasteiger partial charge in [0.25, 0.3) is 0 Å². The van der Waals surface area contributed by atoms with E-state index in [0.29, 0.717) is 6.04 Å². The van der Waals surface area contributed by atoms with Crippen molar-refractivity contribution < 1.29 is 0 Å². The van der Waals surface area contributed by atoms with Crippen molar-refractivity contribution in [2.24, 2.45) is 5.92 Å². The van der Waals surface area contributed by atoms with Crippen LogP contribution < -0.4 is 5.32 Å². The number of nitrogens with one attached hydrogen (secondary N) is 1. The molecule has 0 aliphatic carbocycles. The van der Waals surface area contributed by atoms with E-state index in [9.17, 15) is 0 Å². The third-order valence-electron chi connectivity index (χ3n) is 3.80. The second-order valence-corrected chi connectivity index (χ2v) is 6.37. The Labute approximate surface area is 119 Å². The van der Waals surface area contributed by atoms with Crippen LogP contribution in [0.1, 0.15) is 31.4 Å².